The molecule has 1 aromatic rings. The quantitative estimate of drug-likeness (QED) is 0.814. The van der Waals surface area contributed by atoms with Crippen LogP contribution in [0.15, 0.2) is 18.2 Å². The van der Waals surface area contributed by atoms with Crippen LogP contribution in [0.4, 0.5) is 0 Å². The minimum Gasteiger partial charge on any atom is -0.380 e. The summed E-state index contributed by atoms with van der Waals surface area (Å²) in [5.74, 6) is 0.527. The van der Waals surface area contributed by atoms with Gasteiger partial charge in [-0.05, 0) is 30.5 Å². The summed E-state index contributed by atoms with van der Waals surface area (Å²) in [6.45, 7) is 8.63. The van der Waals surface area contributed by atoms with E-state index < -0.39 is 0 Å². The van der Waals surface area contributed by atoms with E-state index in [0.717, 1.165) is 25.3 Å². The monoisotopic (exact) mass is 289 g/mol. The van der Waals surface area contributed by atoms with Crippen LogP contribution in [-0.2, 0) is 11.3 Å². The lowest BCUT2D eigenvalue weighted by molar-refractivity contribution is 0.108. The first-order chi connectivity index (χ1) is 8.54. The summed E-state index contributed by atoms with van der Waals surface area (Å²) in [5, 5.41) is 4.68. The smallest absolute Gasteiger partial charge is 0.0622 e. The van der Waals surface area contributed by atoms with E-state index in [1.807, 2.05) is 25.1 Å². The molecule has 1 atom stereocenters. The first-order valence-electron chi connectivity index (χ1n) is 6.29. The first-order valence-corrected chi connectivity index (χ1v) is 7.05. The molecule has 18 heavy (non-hydrogen) atoms. The van der Waals surface area contributed by atoms with Gasteiger partial charge in [0.1, 0.15) is 0 Å². The van der Waals surface area contributed by atoms with Gasteiger partial charge in [-0.1, -0.05) is 43.1 Å². The number of ether oxygens (including phenoxy) is 1. The molecule has 0 aromatic heterocycles. The molecule has 1 N–H and O–H groups in total. The number of rotatable bonds is 7. The summed E-state index contributed by atoms with van der Waals surface area (Å²) in [6.07, 6.45) is 0. The molecule has 102 valence electrons. The van der Waals surface area contributed by atoms with Gasteiger partial charge in [0.25, 0.3) is 0 Å². The van der Waals surface area contributed by atoms with Crippen molar-refractivity contribution >= 4 is 23.2 Å². The van der Waals surface area contributed by atoms with Crippen molar-refractivity contribution in [2.75, 3.05) is 13.2 Å². The van der Waals surface area contributed by atoms with Crippen molar-refractivity contribution in [1.82, 2.24) is 5.32 Å². The highest BCUT2D eigenvalue weighted by atomic mass is 35.5. The van der Waals surface area contributed by atoms with Gasteiger partial charge in [0, 0.05) is 19.2 Å². The Morgan fingerprint density at radius 2 is 1.94 bits per heavy atom. The summed E-state index contributed by atoms with van der Waals surface area (Å²) >= 11 is 11.9. The summed E-state index contributed by atoms with van der Waals surface area (Å²) in [4.78, 5) is 0. The second-order valence-electron chi connectivity index (χ2n) is 4.64. The molecular formula is C14H21Cl2NO. The van der Waals surface area contributed by atoms with Crippen molar-refractivity contribution in [3.05, 3.63) is 33.8 Å². The maximum Gasteiger partial charge on any atom is 0.0622 e. The fraction of sp³-hybridized carbons (Fsp3) is 0.571. The zero-order valence-corrected chi connectivity index (χ0v) is 12.7. The van der Waals surface area contributed by atoms with E-state index in [9.17, 15) is 0 Å². The van der Waals surface area contributed by atoms with E-state index in [1.165, 1.54) is 0 Å². The highest BCUT2D eigenvalue weighted by Gasteiger charge is 2.12. The zero-order valence-electron chi connectivity index (χ0n) is 11.2. The Bertz CT molecular complexity index is 369. The fourth-order valence-corrected chi connectivity index (χ4v) is 1.95. The third kappa shape index (κ3) is 5.15. The zero-order chi connectivity index (χ0) is 13.5. The Hall–Kier alpha value is -0.280. The molecule has 0 bridgehead atoms. The van der Waals surface area contributed by atoms with Crippen LogP contribution in [0.2, 0.25) is 10.0 Å². The summed E-state index contributed by atoms with van der Waals surface area (Å²) < 4.78 is 5.48. The van der Waals surface area contributed by atoms with Crippen molar-refractivity contribution in [1.29, 1.82) is 0 Å². The van der Waals surface area contributed by atoms with Crippen LogP contribution in [0.1, 0.15) is 26.3 Å². The molecule has 0 aliphatic rings. The van der Waals surface area contributed by atoms with Crippen molar-refractivity contribution in [3.63, 3.8) is 0 Å². The Morgan fingerprint density at radius 3 is 2.50 bits per heavy atom. The molecule has 0 heterocycles. The van der Waals surface area contributed by atoms with Gasteiger partial charge in [0.2, 0.25) is 0 Å². The van der Waals surface area contributed by atoms with E-state index in [0.29, 0.717) is 22.0 Å². The maximum absolute atomic E-state index is 5.99. The Morgan fingerprint density at radius 1 is 1.22 bits per heavy atom. The van der Waals surface area contributed by atoms with Crippen LogP contribution in [0.5, 0.6) is 0 Å². The van der Waals surface area contributed by atoms with Gasteiger partial charge < -0.3 is 10.1 Å². The highest BCUT2D eigenvalue weighted by Crippen LogP contribution is 2.22. The van der Waals surface area contributed by atoms with E-state index >= 15 is 0 Å². The van der Waals surface area contributed by atoms with E-state index in [-0.39, 0.29) is 0 Å². The molecule has 1 rings (SSSR count). The Balaban J connectivity index is 2.52. The molecule has 0 saturated heterocycles. The Kier molecular flexibility index (Phi) is 7.02. The molecule has 0 radical (unpaired) electrons. The number of hydrogen-bond acceptors (Lipinski definition) is 2. The Labute approximate surface area is 120 Å². The lowest BCUT2D eigenvalue weighted by Crippen LogP contribution is -2.37. The molecule has 1 aromatic carbocycles. The molecule has 0 aliphatic carbocycles. The normalized spacial score (nSPS) is 13.0. The minimum absolute atomic E-state index is 0.347. The largest absolute Gasteiger partial charge is 0.380 e. The molecule has 2 nitrogen and oxygen atoms in total. The summed E-state index contributed by atoms with van der Waals surface area (Å²) in [5.41, 5.74) is 1.13. The molecule has 0 fully saturated rings. The SMILES string of the molecule is CCOCC(NCc1ccc(Cl)c(Cl)c1)C(C)C. The average Bonchev–Trinajstić information content (AvgIpc) is 2.33. The van der Waals surface area contributed by atoms with Gasteiger partial charge >= 0.3 is 0 Å². The predicted octanol–water partition coefficient (Wildman–Crippen LogP) is 4.14. The third-order valence-electron chi connectivity index (χ3n) is 2.86. The second-order valence-corrected chi connectivity index (χ2v) is 5.45. The first kappa shape index (κ1) is 15.8. The van der Waals surface area contributed by atoms with Crippen LogP contribution in [-0.4, -0.2) is 19.3 Å². The van der Waals surface area contributed by atoms with Crippen molar-refractivity contribution in [2.45, 2.75) is 33.4 Å². The standard InChI is InChI=1S/C14H21Cl2NO/c1-4-18-9-14(10(2)3)17-8-11-5-6-12(15)13(16)7-11/h5-7,10,14,17H,4,8-9H2,1-3H3. The number of nitrogens with one attached hydrogen (secondary N) is 1. The fourth-order valence-electron chi connectivity index (χ4n) is 1.63. The van der Waals surface area contributed by atoms with Crippen LogP contribution in [0.25, 0.3) is 0 Å². The van der Waals surface area contributed by atoms with E-state index in [2.05, 4.69) is 19.2 Å². The van der Waals surface area contributed by atoms with E-state index in [4.69, 9.17) is 27.9 Å². The number of benzene rings is 1. The van der Waals surface area contributed by atoms with Gasteiger partial charge in [-0.2, -0.15) is 0 Å². The number of hydrogen-bond donors (Lipinski definition) is 1. The van der Waals surface area contributed by atoms with Crippen LogP contribution >= 0.6 is 23.2 Å². The lowest BCUT2D eigenvalue weighted by Gasteiger charge is -2.22. The topological polar surface area (TPSA) is 21.3 Å². The van der Waals surface area contributed by atoms with Gasteiger partial charge in [-0.25, -0.2) is 0 Å². The molecule has 1 unspecified atom stereocenters. The van der Waals surface area contributed by atoms with Gasteiger partial charge in [0.15, 0.2) is 0 Å². The summed E-state index contributed by atoms with van der Waals surface area (Å²) in [7, 11) is 0. The van der Waals surface area contributed by atoms with Crippen molar-refractivity contribution in [3.8, 4) is 0 Å². The minimum atomic E-state index is 0.347. The maximum atomic E-state index is 5.99. The van der Waals surface area contributed by atoms with Crippen molar-refractivity contribution < 1.29 is 4.74 Å². The molecule has 4 heteroatoms. The summed E-state index contributed by atoms with van der Waals surface area (Å²) in [6, 6.07) is 6.06. The van der Waals surface area contributed by atoms with Crippen molar-refractivity contribution in [2.24, 2.45) is 5.92 Å². The van der Waals surface area contributed by atoms with Gasteiger partial charge in [-0.3, -0.25) is 0 Å². The number of halogens is 2. The van der Waals surface area contributed by atoms with Crippen LogP contribution in [0.3, 0.4) is 0 Å². The van der Waals surface area contributed by atoms with E-state index in [1.54, 1.807) is 0 Å². The molecule has 0 amide bonds. The molecule has 0 saturated carbocycles. The average molecular weight is 290 g/mol. The van der Waals surface area contributed by atoms with Crippen LogP contribution < -0.4 is 5.32 Å². The second kappa shape index (κ2) is 8.00. The van der Waals surface area contributed by atoms with Gasteiger partial charge in [-0.15, -0.1) is 0 Å². The highest BCUT2D eigenvalue weighted by molar-refractivity contribution is 6.42. The van der Waals surface area contributed by atoms with Crippen LogP contribution in [0, 0.1) is 5.92 Å². The van der Waals surface area contributed by atoms with Gasteiger partial charge in [0.05, 0.1) is 16.7 Å². The molecule has 0 spiro atoms. The third-order valence-corrected chi connectivity index (χ3v) is 3.60. The predicted molar refractivity (Wildman–Crippen MR) is 78.4 cm³/mol. The molecular weight excluding hydrogens is 269 g/mol. The molecule has 0 aliphatic heterocycles. The lowest BCUT2D eigenvalue weighted by atomic mass is 10.0.